The Bertz CT molecular complexity index is 974. The van der Waals surface area contributed by atoms with Crippen LogP contribution in [0.2, 0.25) is 0 Å². The van der Waals surface area contributed by atoms with Gasteiger partial charge in [-0.1, -0.05) is 38.1 Å². The van der Waals surface area contributed by atoms with Crippen LogP contribution in [0.15, 0.2) is 29.3 Å². The molecule has 2 aromatic rings. The summed E-state index contributed by atoms with van der Waals surface area (Å²) < 4.78 is 6.88. The molecule has 1 aromatic carbocycles. The molecule has 1 aliphatic carbocycles. The van der Waals surface area contributed by atoms with Crippen molar-refractivity contribution in [2.75, 3.05) is 13.2 Å². The van der Waals surface area contributed by atoms with Crippen molar-refractivity contribution in [1.82, 2.24) is 9.78 Å². The largest absolute Gasteiger partial charge is 0.571 e. The van der Waals surface area contributed by atoms with Gasteiger partial charge in [0.2, 0.25) is 17.3 Å². The summed E-state index contributed by atoms with van der Waals surface area (Å²) in [5.74, 6) is -0.0883. The van der Waals surface area contributed by atoms with Crippen molar-refractivity contribution in [3.63, 3.8) is 0 Å². The molecule has 8 heteroatoms. The number of carbonyl (C=O) groups is 2. The first-order valence-corrected chi connectivity index (χ1v) is 8.92. The summed E-state index contributed by atoms with van der Waals surface area (Å²) in [6.45, 7) is 5.74. The van der Waals surface area contributed by atoms with Crippen LogP contribution in [0.5, 0.6) is 0 Å². The van der Waals surface area contributed by atoms with E-state index in [4.69, 9.17) is 4.74 Å². The zero-order valence-electron chi connectivity index (χ0n) is 15.3. The van der Waals surface area contributed by atoms with E-state index in [2.05, 4.69) is 23.9 Å². The fraction of sp³-hybridized carbons (Fsp3) is 0.421. The maximum atomic E-state index is 12.8. The molecule has 0 N–H and O–H groups in total. The summed E-state index contributed by atoms with van der Waals surface area (Å²) in [6, 6.07) is 6.55. The van der Waals surface area contributed by atoms with Crippen LogP contribution in [0.25, 0.3) is 0 Å². The van der Waals surface area contributed by atoms with E-state index in [1.165, 1.54) is 4.68 Å². The second-order valence-corrected chi connectivity index (χ2v) is 7.64. The van der Waals surface area contributed by atoms with Gasteiger partial charge < -0.3 is 9.94 Å². The molecule has 0 bridgehead atoms. The molecule has 8 nitrogen and oxygen atoms in total. The van der Waals surface area contributed by atoms with Crippen LogP contribution in [0.3, 0.4) is 0 Å². The van der Waals surface area contributed by atoms with Gasteiger partial charge in [-0.2, -0.15) is 0 Å². The Morgan fingerprint density at radius 2 is 1.93 bits per heavy atom. The van der Waals surface area contributed by atoms with Crippen LogP contribution in [0, 0.1) is 10.6 Å². The number of ketones is 2. The Morgan fingerprint density at radius 1 is 1.22 bits per heavy atom. The lowest BCUT2D eigenvalue weighted by Gasteiger charge is -2.28. The van der Waals surface area contributed by atoms with E-state index in [0.29, 0.717) is 42.4 Å². The minimum absolute atomic E-state index is 0.0329. The summed E-state index contributed by atoms with van der Waals surface area (Å²) in [7, 11) is 0. The van der Waals surface area contributed by atoms with E-state index in [1.807, 2.05) is 0 Å². The maximum absolute atomic E-state index is 12.8. The first-order chi connectivity index (χ1) is 12.9. The van der Waals surface area contributed by atoms with Crippen molar-refractivity contribution in [2.24, 2.45) is 10.4 Å². The predicted molar refractivity (Wildman–Crippen MR) is 95.8 cm³/mol. The van der Waals surface area contributed by atoms with Crippen LogP contribution >= 0.6 is 0 Å². The third-order valence-corrected chi connectivity index (χ3v) is 4.79. The lowest BCUT2D eigenvalue weighted by atomic mass is 9.90. The van der Waals surface area contributed by atoms with Gasteiger partial charge in [-0.05, 0) is 6.42 Å². The van der Waals surface area contributed by atoms with Gasteiger partial charge in [-0.3, -0.25) is 14.6 Å². The number of hydrogen-bond donors (Lipinski definition) is 0. The second-order valence-electron chi connectivity index (χ2n) is 7.64. The third-order valence-electron chi connectivity index (χ3n) is 4.79. The van der Waals surface area contributed by atoms with Crippen molar-refractivity contribution < 1.29 is 19.3 Å². The zero-order valence-corrected chi connectivity index (χ0v) is 15.3. The Balaban J connectivity index is 1.54. The summed E-state index contributed by atoms with van der Waals surface area (Å²) in [4.78, 5) is 30.2. The van der Waals surface area contributed by atoms with E-state index in [0.717, 1.165) is 0 Å². The van der Waals surface area contributed by atoms with E-state index in [1.54, 1.807) is 24.3 Å². The summed E-state index contributed by atoms with van der Waals surface area (Å²) >= 11 is 0. The first-order valence-electron chi connectivity index (χ1n) is 8.92. The topological polar surface area (TPSA) is 100 Å². The van der Waals surface area contributed by atoms with Gasteiger partial charge in [-0.15, -0.1) is 4.68 Å². The smallest absolute Gasteiger partial charge is 0.220 e. The van der Waals surface area contributed by atoms with Gasteiger partial charge in [0.1, 0.15) is 0 Å². The highest BCUT2D eigenvalue weighted by Crippen LogP contribution is 2.25. The van der Waals surface area contributed by atoms with Crippen LogP contribution in [0.4, 0.5) is 0 Å². The molecule has 0 radical (unpaired) electrons. The first kappa shape index (κ1) is 17.4. The zero-order chi connectivity index (χ0) is 19.2. The van der Waals surface area contributed by atoms with Crippen LogP contribution in [-0.4, -0.2) is 40.4 Å². The van der Waals surface area contributed by atoms with Crippen LogP contribution in [0.1, 0.15) is 58.8 Å². The predicted octanol–water partition coefficient (Wildman–Crippen LogP) is 1.53. The number of carbonyl (C=O) groups excluding carboxylic acids is 2. The van der Waals surface area contributed by atoms with Gasteiger partial charge in [-0.25, -0.2) is 0 Å². The van der Waals surface area contributed by atoms with Gasteiger partial charge in [0.25, 0.3) is 0 Å². The minimum atomic E-state index is -0.397. The van der Waals surface area contributed by atoms with Crippen molar-refractivity contribution >= 4 is 17.5 Å². The molecule has 0 saturated carbocycles. The quantitative estimate of drug-likeness (QED) is 0.513. The van der Waals surface area contributed by atoms with E-state index >= 15 is 0 Å². The Hall–Kier alpha value is -3.03. The molecule has 0 saturated heterocycles. The molecule has 0 unspecified atom stereocenters. The molecule has 4 rings (SSSR count). The molecule has 2 aliphatic rings. The third kappa shape index (κ3) is 3.01. The molecule has 0 atom stereocenters. The van der Waals surface area contributed by atoms with Crippen LogP contribution in [-0.2, 0) is 11.3 Å². The maximum Gasteiger partial charge on any atom is 0.220 e. The van der Waals surface area contributed by atoms with E-state index in [-0.39, 0.29) is 34.7 Å². The molecule has 0 fully saturated rings. The number of rotatable bonds is 4. The second kappa shape index (κ2) is 6.29. The number of benzene rings is 1. The lowest BCUT2D eigenvalue weighted by Crippen LogP contribution is -2.41. The molecule has 140 valence electrons. The lowest BCUT2D eigenvalue weighted by molar-refractivity contribution is -0.749. The average Bonchev–Trinajstić information content (AvgIpc) is 2.98. The normalized spacial score (nSPS) is 17.8. The monoisotopic (exact) mass is 368 g/mol. The van der Waals surface area contributed by atoms with Crippen molar-refractivity contribution in [3.8, 4) is 0 Å². The summed E-state index contributed by atoms with van der Waals surface area (Å²) in [6.07, 6.45) is 1.11. The van der Waals surface area contributed by atoms with Gasteiger partial charge in [0, 0.05) is 33.0 Å². The van der Waals surface area contributed by atoms with Crippen molar-refractivity contribution in [2.45, 2.75) is 33.2 Å². The van der Waals surface area contributed by atoms with Gasteiger partial charge in [0.15, 0.2) is 11.6 Å². The Labute approximate surface area is 156 Å². The molecule has 27 heavy (non-hydrogen) atoms. The highest BCUT2D eigenvalue weighted by molar-refractivity contribution is 6.26. The fourth-order valence-electron chi connectivity index (χ4n) is 3.31. The number of hydrogen-bond acceptors (Lipinski definition) is 6. The highest BCUT2D eigenvalue weighted by atomic mass is 16.5. The van der Waals surface area contributed by atoms with Gasteiger partial charge in [0.05, 0.1) is 19.7 Å². The molecular formula is C19H20N4O4. The SMILES string of the molecule is CC1(C)CN=C(CCCn2c3c(n[n+]2[O-])C(=O)c2ccccc2C3=O)OC1. The minimum Gasteiger partial charge on any atom is -0.571 e. The fourth-order valence-corrected chi connectivity index (χ4v) is 3.31. The van der Waals surface area contributed by atoms with E-state index in [9.17, 15) is 14.8 Å². The Morgan fingerprint density at radius 3 is 2.59 bits per heavy atom. The summed E-state index contributed by atoms with van der Waals surface area (Å²) in [5.41, 5.74) is 0.598. The molecule has 1 aromatic heterocycles. The molecular weight excluding hydrogens is 348 g/mol. The summed E-state index contributed by atoms with van der Waals surface area (Å²) in [5, 5.41) is 16.0. The van der Waals surface area contributed by atoms with Crippen molar-refractivity contribution in [3.05, 3.63) is 52.0 Å². The molecule has 0 spiro atoms. The van der Waals surface area contributed by atoms with Crippen molar-refractivity contribution in [1.29, 1.82) is 0 Å². The van der Waals surface area contributed by atoms with Gasteiger partial charge >= 0.3 is 0 Å². The number of fused-ring (bicyclic) bond motifs is 2. The number of aliphatic imine (C=N–C) groups is 1. The van der Waals surface area contributed by atoms with E-state index < -0.39 is 5.78 Å². The Kier molecular flexibility index (Phi) is 4.05. The standard InChI is InChI=1S/C19H20N4O4/c1-19(2)10-20-14(27-11-19)8-5-9-22-16-15(21-23(22)26)17(24)12-6-3-4-7-13(12)18(16)25/h3-4,6-7H,5,8-11H2,1-2H3. The highest BCUT2D eigenvalue weighted by Gasteiger charge is 2.39. The number of nitrogens with zero attached hydrogens (tertiary/aromatic N) is 4. The molecule has 2 heterocycles. The number of aromatic nitrogens is 3. The average molecular weight is 368 g/mol. The van der Waals surface area contributed by atoms with Crippen LogP contribution < -0.4 is 4.96 Å². The molecule has 1 aliphatic heterocycles. The number of ether oxygens (including phenoxy) is 1. The molecule has 0 amide bonds.